The van der Waals surface area contributed by atoms with E-state index in [1.807, 2.05) is 31.2 Å². The minimum Gasteiger partial charge on any atom is -0.469 e. The van der Waals surface area contributed by atoms with E-state index in [1.54, 1.807) is 0 Å². The summed E-state index contributed by atoms with van der Waals surface area (Å²) in [6.45, 7) is 1.97. The second-order valence-corrected chi connectivity index (χ2v) is 3.75. The minimum absolute atomic E-state index is 0.137. The molecule has 0 saturated carbocycles. The highest BCUT2D eigenvalue weighted by Crippen LogP contribution is 2.08. The second-order valence-electron chi connectivity index (χ2n) is 3.75. The molecular formula is C12H17NO2. The average Bonchev–Trinajstić information content (AvgIpc) is 2.17. The first kappa shape index (κ1) is 11.7. The Morgan fingerprint density at radius 3 is 2.73 bits per heavy atom. The standard InChI is InChI=1S/C12H17NO2/c1-9(13)6-10-4-3-5-11(7-10)8-12(14)15-2/h3-5,7,9H,6,8,13H2,1-2H3/t9-/m1/s1. The number of hydrogen-bond acceptors (Lipinski definition) is 3. The molecule has 2 N–H and O–H groups in total. The van der Waals surface area contributed by atoms with Crippen molar-refractivity contribution in [3.63, 3.8) is 0 Å². The summed E-state index contributed by atoms with van der Waals surface area (Å²) in [5, 5.41) is 0. The van der Waals surface area contributed by atoms with Crippen molar-refractivity contribution in [2.24, 2.45) is 5.73 Å². The zero-order chi connectivity index (χ0) is 11.3. The summed E-state index contributed by atoms with van der Waals surface area (Å²) in [6, 6.07) is 8.01. The van der Waals surface area contributed by atoms with Crippen molar-refractivity contribution in [3.05, 3.63) is 35.4 Å². The maximum absolute atomic E-state index is 11.1. The molecule has 1 aromatic carbocycles. The lowest BCUT2D eigenvalue weighted by molar-refractivity contribution is -0.139. The number of nitrogens with two attached hydrogens (primary N) is 1. The van der Waals surface area contributed by atoms with Crippen LogP contribution in [0.2, 0.25) is 0 Å². The highest BCUT2D eigenvalue weighted by atomic mass is 16.5. The fraction of sp³-hybridized carbons (Fsp3) is 0.417. The van der Waals surface area contributed by atoms with Gasteiger partial charge in [-0.2, -0.15) is 0 Å². The van der Waals surface area contributed by atoms with Gasteiger partial charge in [-0.3, -0.25) is 4.79 Å². The van der Waals surface area contributed by atoms with Gasteiger partial charge in [-0.15, -0.1) is 0 Å². The van der Waals surface area contributed by atoms with Gasteiger partial charge >= 0.3 is 5.97 Å². The number of carbonyl (C=O) groups is 1. The number of rotatable bonds is 4. The average molecular weight is 207 g/mol. The van der Waals surface area contributed by atoms with E-state index < -0.39 is 0 Å². The van der Waals surface area contributed by atoms with Gasteiger partial charge in [0.2, 0.25) is 0 Å². The van der Waals surface area contributed by atoms with E-state index in [4.69, 9.17) is 5.73 Å². The number of esters is 1. The summed E-state index contributed by atoms with van der Waals surface area (Å²) in [7, 11) is 1.40. The molecule has 0 bridgehead atoms. The zero-order valence-corrected chi connectivity index (χ0v) is 9.19. The topological polar surface area (TPSA) is 52.3 Å². The molecule has 0 fully saturated rings. The monoisotopic (exact) mass is 207 g/mol. The molecule has 1 aromatic rings. The van der Waals surface area contributed by atoms with Gasteiger partial charge in [-0.25, -0.2) is 0 Å². The third-order valence-corrected chi connectivity index (χ3v) is 2.13. The molecule has 15 heavy (non-hydrogen) atoms. The Morgan fingerprint density at radius 2 is 2.13 bits per heavy atom. The molecule has 0 aliphatic carbocycles. The van der Waals surface area contributed by atoms with Crippen molar-refractivity contribution in [1.29, 1.82) is 0 Å². The van der Waals surface area contributed by atoms with Gasteiger partial charge in [0.25, 0.3) is 0 Å². The second kappa shape index (κ2) is 5.51. The third-order valence-electron chi connectivity index (χ3n) is 2.13. The van der Waals surface area contributed by atoms with Crippen LogP contribution in [0.3, 0.4) is 0 Å². The summed E-state index contributed by atoms with van der Waals surface area (Å²) in [5.74, 6) is -0.215. The van der Waals surface area contributed by atoms with E-state index in [1.165, 1.54) is 7.11 Å². The van der Waals surface area contributed by atoms with Crippen LogP contribution in [0.4, 0.5) is 0 Å². The summed E-state index contributed by atoms with van der Waals surface area (Å²) in [4.78, 5) is 11.1. The number of carbonyl (C=O) groups excluding carboxylic acids is 1. The highest BCUT2D eigenvalue weighted by molar-refractivity contribution is 5.72. The quantitative estimate of drug-likeness (QED) is 0.757. The Hall–Kier alpha value is -1.35. The number of methoxy groups -OCH3 is 1. The van der Waals surface area contributed by atoms with Gasteiger partial charge in [0, 0.05) is 6.04 Å². The van der Waals surface area contributed by atoms with Crippen molar-refractivity contribution in [2.75, 3.05) is 7.11 Å². The first-order chi connectivity index (χ1) is 7.11. The Balaban J connectivity index is 2.69. The number of benzene rings is 1. The maximum atomic E-state index is 11.1. The smallest absolute Gasteiger partial charge is 0.309 e. The third kappa shape index (κ3) is 4.13. The van der Waals surface area contributed by atoms with Crippen molar-refractivity contribution >= 4 is 5.97 Å². The van der Waals surface area contributed by atoms with Gasteiger partial charge in [-0.05, 0) is 24.5 Å². The van der Waals surface area contributed by atoms with E-state index >= 15 is 0 Å². The van der Waals surface area contributed by atoms with Gasteiger partial charge in [-0.1, -0.05) is 24.3 Å². The molecule has 0 radical (unpaired) electrons. The van der Waals surface area contributed by atoms with Gasteiger partial charge < -0.3 is 10.5 Å². The fourth-order valence-corrected chi connectivity index (χ4v) is 1.48. The Kier molecular flexibility index (Phi) is 4.31. The first-order valence-corrected chi connectivity index (χ1v) is 5.02. The van der Waals surface area contributed by atoms with Crippen LogP contribution in [0, 0.1) is 0 Å². The van der Waals surface area contributed by atoms with Crippen LogP contribution in [0.15, 0.2) is 24.3 Å². The van der Waals surface area contributed by atoms with E-state index in [0.717, 1.165) is 17.5 Å². The summed E-state index contributed by atoms with van der Waals surface area (Å²) in [5.41, 5.74) is 7.84. The molecule has 0 spiro atoms. The van der Waals surface area contributed by atoms with Crippen LogP contribution in [0.25, 0.3) is 0 Å². The van der Waals surface area contributed by atoms with Crippen molar-refractivity contribution < 1.29 is 9.53 Å². The predicted octanol–water partition coefficient (Wildman–Crippen LogP) is 1.29. The normalized spacial score (nSPS) is 12.2. The van der Waals surface area contributed by atoms with Crippen LogP contribution in [0.1, 0.15) is 18.1 Å². The molecule has 82 valence electrons. The predicted molar refractivity (Wildman–Crippen MR) is 59.5 cm³/mol. The Labute approximate surface area is 90.2 Å². The van der Waals surface area contributed by atoms with E-state index in [0.29, 0.717) is 6.42 Å². The lowest BCUT2D eigenvalue weighted by Gasteiger charge is -2.07. The SMILES string of the molecule is COC(=O)Cc1cccc(C[C@@H](C)N)c1. The van der Waals surface area contributed by atoms with Gasteiger partial charge in [0.15, 0.2) is 0 Å². The van der Waals surface area contributed by atoms with E-state index in [-0.39, 0.29) is 12.0 Å². The van der Waals surface area contributed by atoms with Crippen LogP contribution >= 0.6 is 0 Å². The highest BCUT2D eigenvalue weighted by Gasteiger charge is 2.04. The van der Waals surface area contributed by atoms with Crippen LogP contribution < -0.4 is 5.73 Å². The Morgan fingerprint density at radius 1 is 1.47 bits per heavy atom. The molecule has 0 unspecified atom stereocenters. The van der Waals surface area contributed by atoms with Crippen molar-refractivity contribution in [1.82, 2.24) is 0 Å². The number of hydrogen-bond donors (Lipinski definition) is 1. The molecule has 3 nitrogen and oxygen atoms in total. The van der Waals surface area contributed by atoms with Gasteiger partial charge in [0.1, 0.15) is 0 Å². The molecule has 0 aromatic heterocycles. The van der Waals surface area contributed by atoms with E-state index in [9.17, 15) is 4.79 Å². The summed E-state index contributed by atoms with van der Waals surface area (Å²) < 4.78 is 4.61. The molecule has 0 aliphatic heterocycles. The number of ether oxygens (including phenoxy) is 1. The molecule has 0 saturated heterocycles. The molecule has 0 aliphatic rings. The summed E-state index contributed by atoms with van der Waals surface area (Å²) >= 11 is 0. The lowest BCUT2D eigenvalue weighted by Crippen LogP contribution is -2.17. The first-order valence-electron chi connectivity index (χ1n) is 5.02. The molecule has 0 heterocycles. The lowest BCUT2D eigenvalue weighted by atomic mass is 10.0. The fourth-order valence-electron chi connectivity index (χ4n) is 1.48. The molecule has 3 heteroatoms. The van der Waals surface area contributed by atoms with Crippen molar-refractivity contribution in [3.8, 4) is 0 Å². The molecule has 1 atom stereocenters. The van der Waals surface area contributed by atoms with Crippen LogP contribution in [-0.4, -0.2) is 19.1 Å². The molecule has 1 rings (SSSR count). The van der Waals surface area contributed by atoms with Crippen molar-refractivity contribution in [2.45, 2.75) is 25.8 Å². The molecular weight excluding hydrogens is 190 g/mol. The molecule has 0 amide bonds. The summed E-state index contributed by atoms with van der Waals surface area (Å²) in [6.07, 6.45) is 1.15. The van der Waals surface area contributed by atoms with Crippen LogP contribution in [-0.2, 0) is 22.4 Å². The van der Waals surface area contributed by atoms with Gasteiger partial charge in [0.05, 0.1) is 13.5 Å². The van der Waals surface area contributed by atoms with Crippen LogP contribution in [0.5, 0.6) is 0 Å². The maximum Gasteiger partial charge on any atom is 0.309 e. The Bertz CT molecular complexity index is 334. The minimum atomic E-state index is -0.215. The van der Waals surface area contributed by atoms with E-state index in [2.05, 4.69) is 4.74 Å². The zero-order valence-electron chi connectivity index (χ0n) is 9.19. The largest absolute Gasteiger partial charge is 0.469 e.